The number of unbranched alkanes of at least 4 members (excludes halogenated alkanes) is 12. The van der Waals surface area contributed by atoms with Crippen LogP contribution in [0.4, 0.5) is 11.4 Å². The van der Waals surface area contributed by atoms with Crippen LogP contribution in [0.3, 0.4) is 0 Å². The van der Waals surface area contributed by atoms with E-state index < -0.39 is 44.5 Å². The zero-order valence-electron chi connectivity index (χ0n) is 20.2. The van der Waals surface area contributed by atoms with Crippen LogP contribution >= 0.6 is 0 Å². The van der Waals surface area contributed by atoms with Gasteiger partial charge in [0, 0.05) is 13.0 Å². The number of carboxylic acid groups (broad SMARTS) is 1. The summed E-state index contributed by atoms with van der Waals surface area (Å²) in [6.07, 6.45) is 14.9. The number of aromatic carboxylic acids is 1. The molecule has 0 heterocycles. The summed E-state index contributed by atoms with van der Waals surface area (Å²) in [6.45, 7) is 3.15. The molecule has 1 aromatic carbocycles. The number of carboxylic acids is 1. The molecule has 34 heavy (non-hydrogen) atoms. The van der Waals surface area contributed by atoms with E-state index >= 15 is 0 Å². The van der Waals surface area contributed by atoms with Gasteiger partial charge in [0.2, 0.25) is 5.75 Å². The maximum atomic E-state index is 11.8. The van der Waals surface area contributed by atoms with Gasteiger partial charge in [0.1, 0.15) is 5.56 Å². The number of hydrogen-bond donors (Lipinski definition) is 1. The molecule has 0 radical (unpaired) electrons. The molecule has 0 spiro atoms. The molecule has 0 bridgehead atoms. The molecule has 0 aliphatic carbocycles. The van der Waals surface area contributed by atoms with E-state index in [0.29, 0.717) is 6.42 Å². The van der Waals surface area contributed by atoms with E-state index in [1.165, 1.54) is 51.4 Å². The third kappa shape index (κ3) is 9.84. The lowest BCUT2D eigenvalue weighted by molar-refractivity contribution is -0.423. The third-order valence-corrected chi connectivity index (χ3v) is 5.71. The quantitative estimate of drug-likeness (QED) is 0.0795. The summed E-state index contributed by atoms with van der Waals surface area (Å²) >= 11 is 0. The van der Waals surface area contributed by atoms with Crippen molar-refractivity contribution in [1.82, 2.24) is 0 Å². The van der Waals surface area contributed by atoms with Gasteiger partial charge in [0.15, 0.2) is 0 Å². The molecule has 0 aliphatic rings. The molecule has 0 fully saturated rings. The van der Waals surface area contributed by atoms with Gasteiger partial charge in [0.25, 0.3) is 0 Å². The lowest BCUT2D eigenvalue weighted by Crippen LogP contribution is -2.14. The molecule has 0 amide bonds. The predicted molar refractivity (Wildman–Crippen MR) is 127 cm³/mol. The van der Waals surface area contributed by atoms with Crippen LogP contribution in [0.25, 0.3) is 0 Å². The van der Waals surface area contributed by atoms with E-state index in [1.54, 1.807) is 0 Å². The molecule has 10 nitrogen and oxygen atoms in total. The summed E-state index contributed by atoms with van der Waals surface area (Å²) in [4.78, 5) is 44.0. The molecule has 0 saturated heterocycles. The molecular formula is C24H36N2O8. The minimum absolute atomic E-state index is 0.0455. The monoisotopic (exact) mass is 480 g/mol. The van der Waals surface area contributed by atoms with Gasteiger partial charge in [-0.1, -0.05) is 84.0 Å². The first-order valence-electron chi connectivity index (χ1n) is 12.1. The number of benzene rings is 1. The molecule has 0 aliphatic heterocycles. The summed E-state index contributed by atoms with van der Waals surface area (Å²) in [5.74, 6) is -3.43. The van der Waals surface area contributed by atoms with Crippen LogP contribution < -0.4 is 4.74 Å². The van der Waals surface area contributed by atoms with Crippen molar-refractivity contribution in [3.05, 3.63) is 37.4 Å². The van der Waals surface area contributed by atoms with Gasteiger partial charge >= 0.3 is 23.3 Å². The average molecular weight is 481 g/mol. The second kappa shape index (κ2) is 15.7. The Bertz CT molecular complexity index is 854. The minimum atomic E-state index is -1.54. The Labute approximate surface area is 200 Å². The van der Waals surface area contributed by atoms with Crippen LogP contribution in [0.1, 0.15) is 113 Å². The number of nitro benzene ring substituents is 2. The zero-order chi connectivity index (χ0) is 25.5. The van der Waals surface area contributed by atoms with Gasteiger partial charge < -0.3 is 9.84 Å². The highest BCUT2D eigenvalue weighted by atomic mass is 16.6. The normalized spacial score (nSPS) is 10.8. The van der Waals surface area contributed by atoms with Crippen molar-refractivity contribution < 1.29 is 29.3 Å². The van der Waals surface area contributed by atoms with Gasteiger partial charge in [0.05, 0.1) is 9.85 Å². The van der Waals surface area contributed by atoms with E-state index in [0.717, 1.165) is 38.7 Å². The molecule has 10 heteroatoms. The highest BCUT2D eigenvalue weighted by molar-refractivity contribution is 5.97. The number of aryl methyl sites for hydroxylation is 1. The highest BCUT2D eigenvalue weighted by Gasteiger charge is 2.37. The maximum absolute atomic E-state index is 11.8. The highest BCUT2D eigenvalue weighted by Crippen LogP contribution is 2.42. The molecule has 1 rings (SSSR count). The van der Waals surface area contributed by atoms with Gasteiger partial charge in [-0.05, 0) is 18.4 Å². The fourth-order valence-electron chi connectivity index (χ4n) is 4.01. The van der Waals surface area contributed by atoms with Crippen LogP contribution in [0, 0.1) is 20.2 Å². The van der Waals surface area contributed by atoms with Gasteiger partial charge in [-0.25, -0.2) is 4.79 Å². The Kier molecular flexibility index (Phi) is 13.4. The van der Waals surface area contributed by atoms with E-state index in [9.17, 15) is 34.9 Å². The number of nitro groups is 2. The Morgan fingerprint density at radius 2 is 1.32 bits per heavy atom. The van der Waals surface area contributed by atoms with Gasteiger partial charge in [-0.15, -0.1) is 0 Å². The van der Waals surface area contributed by atoms with E-state index in [-0.39, 0.29) is 12.0 Å². The minimum Gasteiger partial charge on any atom is -0.478 e. The molecular weight excluding hydrogens is 444 g/mol. The van der Waals surface area contributed by atoms with Crippen LogP contribution in [0.2, 0.25) is 0 Å². The first-order valence-corrected chi connectivity index (χ1v) is 12.1. The third-order valence-electron chi connectivity index (χ3n) is 5.71. The van der Waals surface area contributed by atoms with E-state index in [1.807, 2.05) is 0 Å². The van der Waals surface area contributed by atoms with Gasteiger partial charge in [-0.2, -0.15) is 0 Å². The number of esters is 1. The number of rotatable bonds is 18. The second-order valence-corrected chi connectivity index (χ2v) is 8.51. The number of nitrogens with zero attached hydrogens (tertiary/aromatic N) is 2. The Hall–Kier alpha value is -3.04. The fraction of sp³-hybridized carbons (Fsp3) is 0.667. The van der Waals surface area contributed by atoms with Crippen molar-refractivity contribution in [2.24, 2.45) is 0 Å². The van der Waals surface area contributed by atoms with Crippen molar-refractivity contribution in [3.63, 3.8) is 0 Å². The molecule has 1 aromatic rings. The summed E-state index contributed by atoms with van der Waals surface area (Å²) in [5, 5.41) is 32.4. The van der Waals surface area contributed by atoms with Crippen molar-refractivity contribution in [2.45, 2.75) is 104 Å². The maximum Gasteiger partial charge on any atom is 0.389 e. The molecule has 0 aromatic heterocycles. The first kappa shape index (κ1) is 29.0. The second-order valence-electron chi connectivity index (χ2n) is 8.51. The van der Waals surface area contributed by atoms with Crippen molar-refractivity contribution in [1.29, 1.82) is 0 Å². The standard InChI is InChI=1S/C24H36N2O8/c1-3-4-5-6-7-8-9-10-11-12-13-14-15-16-19-17-20(25(30)31)22(26(32)33)23(34-18(2)27)21(19)24(28)29/h17H,3-16H2,1-2H3,(H,28,29). The largest absolute Gasteiger partial charge is 0.478 e. The van der Waals surface area contributed by atoms with Crippen molar-refractivity contribution in [2.75, 3.05) is 0 Å². The van der Waals surface area contributed by atoms with Crippen LogP contribution in [0.15, 0.2) is 6.07 Å². The number of ether oxygens (including phenoxy) is 1. The van der Waals surface area contributed by atoms with Gasteiger partial charge in [-0.3, -0.25) is 25.0 Å². The average Bonchev–Trinajstić information content (AvgIpc) is 2.75. The lowest BCUT2D eigenvalue weighted by Gasteiger charge is -2.12. The predicted octanol–water partition coefficient (Wildman–Crippen LogP) is 6.76. The Morgan fingerprint density at radius 3 is 1.71 bits per heavy atom. The summed E-state index contributed by atoms with van der Waals surface area (Å²) in [7, 11) is 0. The molecule has 0 unspecified atom stereocenters. The smallest absolute Gasteiger partial charge is 0.389 e. The SMILES string of the molecule is CCCCCCCCCCCCCCCc1cc([N+](=O)[O-])c([N+](=O)[O-])c(OC(C)=O)c1C(=O)O. The topological polar surface area (TPSA) is 150 Å². The number of carbonyl (C=O) groups is 2. The zero-order valence-corrected chi connectivity index (χ0v) is 20.2. The summed E-state index contributed by atoms with van der Waals surface area (Å²) < 4.78 is 4.78. The molecule has 1 N–H and O–H groups in total. The summed E-state index contributed by atoms with van der Waals surface area (Å²) in [6, 6.07) is 0.912. The van der Waals surface area contributed by atoms with Crippen molar-refractivity contribution in [3.8, 4) is 5.75 Å². The molecule has 0 atom stereocenters. The Morgan fingerprint density at radius 1 is 0.853 bits per heavy atom. The van der Waals surface area contributed by atoms with Crippen molar-refractivity contribution >= 4 is 23.3 Å². The lowest BCUT2D eigenvalue weighted by atomic mass is 9.97. The molecule has 190 valence electrons. The van der Waals surface area contributed by atoms with E-state index in [2.05, 4.69) is 6.92 Å². The molecule has 0 saturated carbocycles. The number of carbonyl (C=O) groups excluding carboxylic acids is 1. The summed E-state index contributed by atoms with van der Waals surface area (Å²) in [5.41, 5.74) is -2.56. The number of hydrogen-bond acceptors (Lipinski definition) is 7. The Balaban J connectivity index is 2.68. The van der Waals surface area contributed by atoms with E-state index in [4.69, 9.17) is 4.74 Å². The first-order chi connectivity index (χ1) is 16.2. The van der Waals surface area contributed by atoms with Crippen LogP contribution in [-0.2, 0) is 11.2 Å². The van der Waals surface area contributed by atoms with Crippen LogP contribution in [0.5, 0.6) is 5.75 Å². The fourth-order valence-corrected chi connectivity index (χ4v) is 4.01. The van der Waals surface area contributed by atoms with Crippen LogP contribution in [-0.4, -0.2) is 26.9 Å².